The van der Waals surface area contributed by atoms with E-state index in [1.54, 1.807) is 4.80 Å². The minimum absolute atomic E-state index is 0.121. The minimum Gasteiger partial charge on any atom is -0.325 e. The standard InChI is InChI=1S/C9H19N5/c1-8(2,3)14-12-7(11-13-14)6-9(4,5)10/h6,10H2,1-5H3. The average Bonchev–Trinajstić information content (AvgIpc) is 2.29. The first-order chi connectivity index (χ1) is 6.18. The molecule has 1 rings (SSSR count). The molecule has 5 heteroatoms. The fourth-order valence-electron chi connectivity index (χ4n) is 1.01. The van der Waals surface area contributed by atoms with Crippen LogP contribution in [0.4, 0.5) is 0 Å². The van der Waals surface area contributed by atoms with Gasteiger partial charge in [-0.1, -0.05) is 0 Å². The zero-order valence-electron chi connectivity index (χ0n) is 9.57. The van der Waals surface area contributed by atoms with Crippen molar-refractivity contribution in [3.05, 3.63) is 5.82 Å². The molecular weight excluding hydrogens is 178 g/mol. The van der Waals surface area contributed by atoms with Crippen molar-refractivity contribution >= 4 is 0 Å². The summed E-state index contributed by atoms with van der Waals surface area (Å²) in [6.07, 6.45) is 0.642. The van der Waals surface area contributed by atoms with Crippen molar-refractivity contribution in [3.8, 4) is 0 Å². The minimum atomic E-state index is -0.286. The first-order valence-electron chi connectivity index (χ1n) is 4.77. The van der Waals surface area contributed by atoms with Gasteiger partial charge in [-0.05, 0) is 39.8 Å². The molecule has 0 aromatic carbocycles. The maximum Gasteiger partial charge on any atom is 0.176 e. The van der Waals surface area contributed by atoms with Crippen LogP contribution in [0.5, 0.6) is 0 Å². The van der Waals surface area contributed by atoms with Gasteiger partial charge in [0, 0.05) is 12.0 Å². The highest BCUT2D eigenvalue weighted by molar-refractivity contribution is 4.89. The quantitative estimate of drug-likeness (QED) is 0.758. The van der Waals surface area contributed by atoms with Gasteiger partial charge >= 0.3 is 0 Å². The van der Waals surface area contributed by atoms with E-state index < -0.39 is 0 Å². The molecule has 1 aromatic rings. The molecule has 0 fully saturated rings. The summed E-state index contributed by atoms with van der Waals surface area (Å²) in [5.41, 5.74) is 5.46. The topological polar surface area (TPSA) is 69.6 Å². The Balaban J connectivity index is 2.79. The van der Waals surface area contributed by atoms with Crippen molar-refractivity contribution < 1.29 is 0 Å². The predicted octanol–water partition coefficient (Wildman–Crippen LogP) is 0.708. The lowest BCUT2D eigenvalue weighted by Crippen LogP contribution is -2.35. The molecule has 0 aliphatic heterocycles. The summed E-state index contributed by atoms with van der Waals surface area (Å²) < 4.78 is 0. The summed E-state index contributed by atoms with van der Waals surface area (Å²) in [4.78, 5) is 1.62. The van der Waals surface area contributed by atoms with Crippen LogP contribution in [0.25, 0.3) is 0 Å². The monoisotopic (exact) mass is 197 g/mol. The highest BCUT2D eigenvalue weighted by Gasteiger charge is 2.20. The maximum absolute atomic E-state index is 5.87. The first-order valence-corrected chi connectivity index (χ1v) is 4.77. The van der Waals surface area contributed by atoms with Gasteiger partial charge in [0.2, 0.25) is 0 Å². The molecule has 0 spiro atoms. The molecular formula is C9H19N5. The molecule has 0 amide bonds. The summed E-state index contributed by atoms with van der Waals surface area (Å²) in [5, 5.41) is 12.2. The molecule has 2 N–H and O–H groups in total. The van der Waals surface area contributed by atoms with Crippen LogP contribution in [0.15, 0.2) is 0 Å². The van der Waals surface area contributed by atoms with Crippen LogP contribution >= 0.6 is 0 Å². The molecule has 0 bridgehead atoms. The Morgan fingerprint density at radius 3 is 2.14 bits per heavy atom. The van der Waals surface area contributed by atoms with E-state index in [2.05, 4.69) is 15.4 Å². The third-order valence-corrected chi connectivity index (χ3v) is 1.67. The van der Waals surface area contributed by atoms with E-state index in [4.69, 9.17) is 5.73 Å². The van der Waals surface area contributed by atoms with E-state index >= 15 is 0 Å². The SMILES string of the molecule is CC(C)(N)Cc1nnn(C(C)(C)C)n1. The maximum atomic E-state index is 5.87. The second-order valence-corrected chi connectivity index (χ2v) is 5.33. The summed E-state index contributed by atoms with van der Waals surface area (Å²) in [6, 6.07) is 0. The van der Waals surface area contributed by atoms with Crippen molar-refractivity contribution in [2.24, 2.45) is 5.73 Å². The third kappa shape index (κ3) is 3.06. The molecule has 80 valence electrons. The largest absolute Gasteiger partial charge is 0.325 e. The Bertz CT molecular complexity index is 302. The Morgan fingerprint density at radius 2 is 1.79 bits per heavy atom. The van der Waals surface area contributed by atoms with E-state index in [1.165, 1.54) is 0 Å². The Labute approximate surface area is 84.7 Å². The first kappa shape index (κ1) is 11.1. The molecule has 0 aliphatic carbocycles. The van der Waals surface area contributed by atoms with Gasteiger partial charge in [-0.25, -0.2) is 0 Å². The number of rotatable bonds is 2. The highest BCUT2D eigenvalue weighted by atomic mass is 15.6. The summed E-state index contributed by atoms with van der Waals surface area (Å²) in [5.74, 6) is 0.701. The Hall–Kier alpha value is -0.970. The van der Waals surface area contributed by atoms with Gasteiger partial charge in [0.05, 0.1) is 5.54 Å². The lowest BCUT2D eigenvalue weighted by molar-refractivity contribution is 0.304. The molecule has 0 aliphatic rings. The van der Waals surface area contributed by atoms with Crippen LogP contribution in [-0.2, 0) is 12.0 Å². The van der Waals surface area contributed by atoms with Crippen molar-refractivity contribution in [3.63, 3.8) is 0 Å². The lowest BCUT2D eigenvalue weighted by atomic mass is 10.0. The van der Waals surface area contributed by atoms with Gasteiger partial charge < -0.3 is 5.73 Å². The van der Waals surface area contributed by atoms with Crippen LogP contribution in [0.2, 0.25) is 0 Å². The molecule has 0 unspecified atom stereocenters. The van der Waals surface area contributed by atoms with Gasteiger partial charge in [0.25, 0.3) is 0 Å². The van der Waals surface area contributed by atoms with Gasteiger partial charge in [0.15, 0.2) is 5.82 Å². The third-order valence-electron chi connectivity index (χ3n) is 1.67. The molecule has 0 saturated heterocycles. The van der Waals surface area contributed by atoms with Gasteiger partial charge in [-0.2, -0.15) is 4.80 Å². The van der Waals surface area contributed by atoms with Gasteiger partial charge in [-0.3, -0.25) is 0 Å². The summed E-state index contributed by atoms with van der Waals surface area (Å²) in [7, 11) is 0. The Morgan fingerprint density at radius 1 is 1.21 bits per heavy atom. The fraction of sp³-hybridized carbons (Fsp3) is 0.889. The summed E-state index contributed by atoms with van der Waals surface area (Å²) in [6.45, 7) is 10.00. The second kappa shape index (κ2) is 3.31. The van der Waals surface area contributed by atoms with Crippen molar-refractivity contribution in [1.29, 1.82) is 0 Å². The second-order valence-electron chi connectivity index (χ2n) is 5.33. The molecule has 0 atom stereocenters. The Kier molecular flexibility index (Phi) is 2.63. The molecule has 0 radical (unpaired) electrons. The molecule has 5 nitrogen and oxygen atoms in total. The summed E-state index contributed by atoms with van der Waals surface area (Å²) >= 11 is 0. The van der Waals surface area contributed by atoms with E-state index in [0.717, 1.165) is 0 Å². The zero-order valence-corrected chi connectivity index (χ0v) is 9.57. The number of tetrazole rings is 1. The van der Waals surface area contributed by atoms with E-state index in [0.29, 0.717) is 12.2 Å². The predicted molar refractivity (Wildman–Crippen MR) is 54.8 cm³/mol. The molecule has 0 saturated carbocycles. The molecule has 1 heterocycles. The van der Waals surface area contributed by atoms with Crippen LogP contribution < -0.4 is 5.73 Å². The molecule has 1 aromatic heterocycles. The molecule has 14 heavy (non-hydrogen) atoms. The van der Waals surface area contributed by atoms with Crippen molar-refractivity contribution in [2.45, 2.75) is 52.1 Å². The number of hydrogen-bond donors (Lipinski definition) is 1. The lowest BCUT2D eigenvalue weighted by Gasteiger charge is -2.16. The van der Waals surface area contributed by atoms with Crippen molar-refractivity contribution in [1.82, 2.24) is 20.2 Å². The van der Waals surface area contributed by atoms with Crippen LogP contribution in [0, 0.1) is 0 Å². The van der Waals surface area contributed by atoms with Crippen molar-refractivity contribution in [2.75, 3.05) is 0 Å². The normalized spacial score (nSPS) is 13.3. The fourth-order valence-corrected chi connectivity index (χ4v) is 1.01. The van der Waals surface area contributed by atoms with E-state index in [1.807, 2.05) is 34.6 Å². The van der Waals surface area contributed by atoms with Crippen LogP contribution in [0.3, 0.4) is 0 Å². The van der Waals surface area contributed by atoms with Crippen LogP contribution in [0.1, 0.15) is 40.4 Å². The van der Waals surface area contributed by atoms with E-state index in [-0.39, 0.29) is 11.1 Å². The number of hydrogen-bond acceptors (Lipinski definition) is 4. The number of nitrogens with zero attached hydrogens (tertiary/aromatic N) is 4. The zero-order chi connectivity index (χ0) is 11.0. The highest BCUT2D eigenvalue weighted by Crippen LogP contribution is 2.10. The number of nitrogens with two attached hydrogens (primary N) is 1. The smallest absolute Gasteiger partial charge is 0.176 e. The van der Waals surface area contributed by atoms with E-state index in [9.17, 15) is 0 Å². The average molecular weight is 197 g/mol. The van der Waals surface area contributed by atoms with Gasteiger partial charge in [-0.15, -0.1) is 10.2 Å². The number of aromatic nitrogens is 4. The van der Waals surface area contributed by atoms with Gasteiger partial charge in [0.1, 0.15) is 0 Å². The van der Waals surface area contributed by atoms with Crippen LogP contribution in [-0.4, -0.2) is 25.7 Å².